The van der Waals surface area contributed by atoms with E-state index >= 15 is 0 Å². The first kappa shape index (κ1) is 12.0. The van der Waals surface area contributed by atoms with Gasteiger partial charge < -0.3 is 10.5 Å². The molecule has 2 N–H and O–H groups in total. The minimum Gasteiger partial charge on any atom is -0.476 e. The first-order valence-corrected chi connectivity index (χ1v) is 5.17. The molecule has 4 nitrogen and oxygen atoms in total. The van der Waals surface area contributed by atoms with Gasteiger partial charge in [0, 0.05) is 0 Å². The van der Waals surface area contributed by atoms with Crippen molar-refractivity contribution in [2.45, 2.75) is 27.2 Å². The molecule has 0 radical (unpaired) electrons. The van der Waals surface area contributed by atoms with Crippen LogP contribution in [-0.4, -0.2) is 16.6 Å². The Hall–Kier alpha value is -1.03. The fraction of sp³-hybridized carbons (Fsp3) is 0.600. The molecule has 0 spiro atoms. The number of hydrogen-bond acceptors (Lipinski definition) is 4. The maximum absolute atomic E-state index is 5.87. The topological polar surface area (TPSA) is 61.0 Å². The van der Waals surface area contributed by atoms with Crippen LogP contribution in [0, 0.1) is 5.41 Å². The summed E-state index contributed by atoms with van der Waals surface area (Å²) in [6.07, 6.45) is 2.26. The zero-order valence-corrected chi connectivity index (χ0v) is 10.0. The van der Waals surface area contributed by atoms with Crippen molar-refractivity contribution >= 4 is 17.4 Å². The van der Waals surface area contributed by atoms with Crippen molar-refractivity contribution in [3.8, 4) is 5.88 Å². The summed E-state index contributed by atoms with van der Waals surface area (Å²) in [6.45, 7) is 7.00. The van der Waals surface area contributed by atoms with Crippen molar-refractivity contribution in [2.24, 2.45) is 5.41 Å². The average molecular weight is 230 g/mol. The number of nitrogens with zero attached hydrogens (tertiary/aromatic N) is 2. The summed E-state index contributed by atoms with van der Waals surface area (Å²) >= 11 is 5.87. The van der Waals surface area contributed by atoms with Crippen LogP contribution in [0.1, 0.15) is 27.2 Å². The molecule has 1 aromatic heterocycles. The van der Waals surface area contributed by atoms with E-state index in [1.165, 1.54) is 6.33 Å². The van der Waals surface area contributed by atoms with Gasteiger partial charge in [0.15, 0.2) is 0 Å². The summed E-state index contributed by atoms with van der Waals surface area (Å²) in [7, 11) is 0. The predicted octanol–water partition coefficient (Wildman–Crippen LogP) is 2.53. The molecular weight excluding hydrogens is 214 g/mol. The van der Waals surface area contributed by atoms with Gasteiger partial charge in [-0.1, -0.05) is 32.4 Å². The number of ether oxygens (including phenoxy) is 1. The Morgan fingerprint density at radius 2 is 2.07 bits per heavy atom. The fourth-order valence-electron chi connectivity index (χ4n) is 0.921. The van der Waals surface area contributed by atoms with Crippen molar-refractivity contribution in [3.63, 3.8) is 0 Å². The number of halogens is 1. The largest absolute Gasteiger partial charge is 0.476 e. The number of rotatable bonds is 3. The second-order valence-electron chi connectivity index (χ2n) is 4.54. The Morgan fingerprint density at radius 3 is 2.67 bits per heavy atom. The van der Waals surface area contributed by atoms with Crippen LogP contribution >= 0.6 is 11.6 Å². The molecule has 0 bridgehead atoms. The number of nitrogens with two attached hydrogens (primary N) is 1. The third kappa shape index (κ3) is 3.91. The lowest BCUT2D eigenvalue weighted by atomic mass is 9.93. The van der Waals surface area contributed by atoms with Gasteiger partial charge in [0.05, 0.1) is 6.61 Å². The summed E-state index contributed by atoms with van der Waals surface area (Å²) < 4.78 is 5.43. The van der Waals surface area contributed by atoms with E-state index in [0.29, 0.717) is 12.5 Å². The van der Waals surface area contributed by atoms with Gasteiger partial charge in [-0.15, -0.1) is 0 Å². The van der Waals surface area contributed by atoms with Crippen LogP contribution in [0.25, 0.3) is 0 Å². The van der Waals surface area contributed by atoms with Gasteiger partial charge in [0.2, 0.25) is 5.88 Å². The Kier molecular flexibility index (Phi) is 3.74. The molecule has 15 heavy (non-hydrogen) atoms. The summed E-state index contributed by atoms with van der Waals surface area (Å²) in [4.78, 5) is 7.66. The highest BCUT2D eigenvalue weighted by Gasteiger charge is 2.12. The zero-order valence-electron chi connectivity index (χ0n) is 9.25. The number of aromatic nitrogens is 2. The van der Waals surface area contributed by atoms with Gasteiger partial charge >= 0.3 is 0 Å². The van der Waals surface area contributed by atoms with E-state index in [1.54, 1.807) is 0 Å². The second kappa shape index (κ2) is 4.66. The van der Waals surface area contributed by atoms with E-state index in [1.807, 2.05) is 0 Å². The SMILES string of the molecule is CC(C)(C)CCOc1ncnc(N)c1Cl. The van der Waals surface area contributed by atoms with Crippen molar-refractivity contribution < 1.29 is 4.74 Å². The standard InChI is InChI=1S/C10H16ClN3O/c1-10(2,3)4-5-15-9-7(11)8(12)13-6-14-9/h6H,4-5H2,1-3H3,(H2,12,13,14). The molecule has 0 saturated carbocycles. The number of nitrogen functional groups attached to an aromatic ring is 1. The van der Waals surface area contributed by atoms with Crippen LogP contribution in [0.4, 0.5) is 5.82 Å². The molecule has 0 aliphatic heterocycles. The molecule has 0 fully saturated rings. The lowest BCUT2D eigenvalue weighted by Crippen LogP contribution is -2.12. The van der Waals surface area contributed by atoms with Gasteiger partial charge in [0.1, 0.15) is 17.2 Å². The molecule has 0 atom stereocenters. The predicted molar refractivity (Wildman–Crippen MR) is 61.0 cm³/mol. The molecule has 84 valence electrons. The molecule has 0 aromatic carbocycles. The van der Waals surface area contributed by atoms with Crippen LogP contribution in [0.3, 0.4) is 0 Å². The van der Waals surface area contributed by atoms with Gasteiger partial charge in [0.25, 0.3) is 0 Å². The van der Waals surface area contributed by atoms with Crippen molar-refractivity contribution in [2.75, 3.05) is 12.3 Å². The molecule has 0 amide bonds. The summed E-state index contributed by atoms with van der Waals surface area (Å²) in [5, 5.41) is 0.284. The van der Waals surface area contributed by atoms with Gasteiger partial charge in [-0.3, -0.25) is 0 Å². The van der Waals surface area contributed by atoms with Crippen LogP contribution in [-0.2, 0) is 0 Å². The average Bonchev–Trinajstić information content (AvgIpc) is 2.10. The minimum atomic E-state index is 0.227. The van der Waals surface area contributed by atoms with E-state index < -0.39 is 0 Å². The first-order valence-electron chi connectivity index (χ1n) is 4.79. The first-order chi connectivity index (χ1) is 6.90. The Balaban J connectivity index is 2.55. The molecule has 0 aliphatic rings. The van der Waals surface area contributed by atoms with E-state index in [4.69, 9.17) is 22.1 Å². The highest BCUT2D eigenvalue weighted by molar-refractivity contribution is 6.33. The quantitative estimate of drug-likeness (QED) is 0.865. The second-order valence-corrected chi connectivity index (χ2v) is 4.92. The third-order valence-corrected chi connectivity index (χ3v) is 2.23. The van der Waals surface area contributed by atoms with E-state index in [-0.39, 0.29) is 16.3 Å². The normalized spacial score (nSPS) is 11.5. The van der Waals surface area contributed by atoms with Crippen LogP contribution < -0.4 is 10.5 Å². The summed E-state index contributed by atoms with van der Waals surface area (Å²) in [6, 6.07) is 0. The molecule has 1 rings (SSSR count). The molecule has 0 aliphatic carbocycles. The zero-order chi connectivity index (χ0) is 11.5. The lowest BCUT2D eigenvalue weighted by molar-refractivity contribution is 0.236. The van der Waals surface area contributed by atoms with Crippen LogP contribution in [0.2, 0.25) is 5.02 Å². The third-order valence-electron chi connectivity index (χ3n) is 1.88. The van der Waals surface area contributed by atoms with Crippen molar-refractivity contribution in [1.29, 1.82) is 0 Å². The maximum atomic E-state index is 5.87. The van der Waals surface area contributed by atoms with E-state index in [2.05, 4.69) is 30.7 Å². The Morgan fingerprint density at radius 1 is 1.40 bits per heavy atom. The van der Waals surface area contributed by atoms with Gasteiger partial charge in [-0.2, -0.15) is 0 Å². The fourth-order valence-corrected chi connectivity index (χ4v) is 1.07. The van der Waals surface area contributed by atoms with Crippen molar-refractivity contribution in [1.82, 2.24) is 9.97 Å². The number of hydrogen-bond donors (Lipinski definition) is 1. The Labute approximate surface area is 94.8 Å². The minimum absolute atomic E-state index is 0.227. The molecule has 0 unspecified atom stereocenters. The van der Waals surface area contributed by atoms with Crippen molar-refractivity contribution in [3.05, 3.63) is 11.3 Å². The smallest absolute Gasteiger partial charge is 0.237 e. The molecule has 1 heterocycles. The summed E-state index contributed by atoms with van der Waals surface area (Å²) in [5.74, 6) is 0.603. The summed E-state index contributed by atoms with van der Waals surface area (Å²) in [5.41, 5.74) is 5.74. The van der Waals surface area contributed by atoms with E-state index in [0.717, 1.165) is 6.42 Å². The molecule has 1 aromatic rings. The molecular formula is C10H16ClN3O. The van der Waals surface area contributed by atoms with Crippen LogP contribution in [0.15, 0.2) is 6.33 Å². The maximum Gasteiger partial charge on any atom is 0.237 e. The van der Waals surface area contributed by atoms with Crippen LogP contribution in [0.5, 0.6) is 5.88 Å². The van der Waals surface area contributed by atoms with E-state index in [9.17, 15) is 0 Å². The lowest BCUT2D eigenvalue weighted by Gasteiger charge is -2.17. The molecule has 5 heteroatoms. The number of anilines is 1. The van der Waals surface area contributed by atoms with Gasteiger partial charge in [-0.25, -0.2) is 9.97 Å². The van der Waals surface area contributed by atoms with Gasteiger partial charge in [-0.05, 0) is 11.8 Å². The molecule has 0 saturated heterocycles. The monoisotopic (exact) mass is 229 g/mol. The highest BCUT2D eigenvalue weighted by atomic mass is 35.5. The Bertz CT molecular complexity index is 336. The highest BCUT2D eigenvalue weighted by Crippen LogP contribution is 2.26.